The lowest BCUT2D eigenvalue weighted by atomic mass is 9.92. The number of rotatable bonds is 0. The summed E-state index contributed by atoms with van der Waals surface area (Å²) in [6, 6.07) is 6.50. The number of morpholine rings is 1. The minimum atomic E-state index is -1.40. The number of hydrogen-bond acceptors (Lipinski definition) is 5. The fourth-order valence-corrected chi connectivity index (χ4v) is 3.76. The maximum absolute atomic E-state index is 12.7. The summed E-state index contributed by atoms with van der Waals surface area (Å²) in [6.45, 7) is 4.23. The van der Waals surface area contributed by atoms with Crippen LogP contribution in [0, 0.1) is 0 Å². The van der Waals surface area contributed by atoms with Crippen LogP contribution < -0.4 is 5.32 Å². The van der Waals surface area contributed by atoms with E-state index in [-0.39, 0.29) is 10.3 Å². The Balaban J connectivity index is 1.87. The summed E-state index contributed by atoms with van der Waals surface area (Å²) in [5.41, 5.74) is 1.27. The Hall–Kier alpha value is -1.76. The minimum absolute atomic E-state index is 0.118. The molecule has 2 N–H and O–H groups in total. The molecule has 1 saturated heterocycles. The molecule has 21 heavy (non-hydrogen) atoms. The predicted molar refractivity (Wildman–Crippen MR) is 77.1 cm³/mol. The van der Waals surface area contributed by atoms with Gasteiger partial charge < -0.3 is 15.2 Å². The number of hydrogen-bond donors (Lipinski definition) is 2. The molecule has 0 bridgehead atoms. The largest absolute Gasteiger partial charge is 0.370 e. The van der Waals surface area contributed by atoms with E-state index in [1.54, 1.807) is 6.07 Å². The molecule has 4 rings (SSSR count). The van der Waals surface area contributed by atoms with Crippen molar-refractivity contribution in [2.24, 2.45) is 4.99 Å². The quantitative estimate of drug-likeness (QED) is 0.685. The number of fused-ring (bicyclic) bond motifs is 3. The van der Waals surface area contributed by atoms with Crippen LogP contribution in [0.25, 0.3) is 0 Å². The molecule has 3 aliphatic rings. The van der Waals surface area contributed by atoms with Crippen LogP contribution >= 0.6 is 0 Å². The zero-order chi connectivity index (χ0) is 14.7. The fraction of sp³-hybridized carbons (Fsp3) is 0.467. The van der Waals surface area contributed by atoms with E-state index in [9.17, 15) is 9.90 Å². The van der Waals surface area contributed by atoms with Gasteiger partial charge in [0, 0.05) is 12.5 Å². The highest BCUT2D eigenvalue weighted by atomic mass is 16.5. The number of amidine groups is 1. The number of ether oxygens (including phenoxy) is 1. The molecule has 0 saturated carbocycles. The number of carbonyl (C=O) groups is 1. The molecule has 0 amide bonds. The lowest BCUT2D eigenvalue weighted by Crippen LogP contribution is -2.75. The molecule has 1 aromatic carbocycles. The van der Waals surface area contributed by atoms with Gasteiger partial charge in [-0.2, -0.15) is 0 Å². The van der Waals surface area contributed by atoms with Gasteiger partial charge in [0.2, 0.25) is 11.8 Å². The van der Waals surface area contributed by atoms with Crippen LogP contribution in [0.4, 0.5) is 5.69 Å². The van der Waals surface area contributed by atoms with Gasteiger partial charge in [0.15, 0.2) is 5.84 Å². The summed E-state index contributed by atoms with van der Waals surface area (Å²) in [7, 11) is 0. The second kappa shape index (κ2) is 4.13. The first-order valence-electron chi connectivity index (χ1n) is 7.22. The van der Waals surface area contributed by atoms with E-state index in [2.05, 4.69) is 10.3 Å². The molecule has 6 heteroatoms. The van der Waals surface area contributed by atoms with Gasteiger partial charge in [-0.05, 0) is 12.1 Å². The summed E-state index contributed by atoms with van der Waals surface area (Å²) in [5.74, 6) is -0.730. The number of Topliss-reactive ketones (excluding diaryl/α,β-unsaturated/α-hetero) is 1. The normalized spacial score (nSPS) is 33.1. The van der Waals surface area contributed by atoms with Crippen LogP contribution in [0.2, 0.25) is 0 Å². The molecule has 2 atom stereocenters. The van der Waals surface area contributed by atoms with Crippen LogP contribution in [0.1, 0.15) is 17.3 Å². The van der Waals surface area contributed by atoms with Crippen molar-refractivity contribution in [2.75, 3.05) is 31.6 Å². The highest BCUT2D eigenvalue weighted by Crippen LogP contribution is 2.42. The molecular weight excluding hydrogens is 270 g/mol. The number of nitrogens with zero attached hydrogens (tertiary/aromatic N) is 2. The lowest BCUT2D eigenvalue weighted by Gasteiger charge is -2.49. The number of ketones is 1. The molecule has 0 radical (unpaired) electrons. The van der Waals surface area contributed by atoms with Crippen molar-refractivity contribution < 1.29 is 19.1 Å². The van der Waals surface area contributed by atoms with E-state index in [0.29, 0.717) is 37.6 Å². The van der Waals surface area contributed by atoms with Crippen molar-refractivity contribution in [3.63, 3.8) is 0 Å². The second-order valence-electron chi connectivity index (χ2n) is 5.87. The van der Waals surface area contributed by atoms with Gasteiger partial charge in [-0.25, -0.2) is 9.48 Å². The van der Waals surface area contributed by atoms with Gasteiger partial charge in [0.25, 0.3) is 0 Å². The molecule has 3 heterocycles. The van der Waals surface area contributed by atoms with Crippen LogP contribution in [-0.2, 0) is 4.74 Å². The van der Waals surface area contributed by atoms with Crippen molar-refractivity contribution in [1.82, 2.24) is 0 Å². The first-order valence-corrected chi connectivity index (χ1v) is 7.22. The summed E-state index contributed by atoms with van der Waals surface area (Å²) >= 11 is 0. The van der Waals surface area contributed by atoms with E-state index in [1.165, 1.54) is 0 Å². The number of para-hydroxylation sites is 1. The summed E-state index contributed by atoms with van der Waals surface area (Å²) in [6.07, 6.45) is 0. The Morgan fingerprint density at radius 2 is 2.10 bits per heavy atom. The Labute approximate surface area is 122 Å². The molecule has 110 valence electrons. The number of anilines is 1. The van der Waals surface area contributed by atoms with Crippen molar-refractivity contribution in [2.45, 2.75) is 18.8 Å². The van der Waals surface area contributed by atoms with Gasteiger partial charge >= 0.3 is 5.85 Å². The highest BCUT2D eigenvalue weighted by Gasteiger charge is 2.67. The standard InChI is InChI=1S/C15H17N3O3/c1-10-16-14-13(19)11-4-2-3-5-12(11)17-15(14,20)18(10)6-8-21-9-7-18/h2-5,14,20H,6-9H2,1H3/p+1. The zero-order valence-electron chi connectivity index (χ0n) is 11.9. The number of nitrogens with one attached hydrogen (secondary N) is 1. The Morgan fingerprint density at radius 3 is 2.86 bits per heavy atom. The van der Waals surface area contributed by atoms with E-state index in [0.717, 1.165) is 5.84 Å². The molecule has 2 unspecified atom stereocenters. The second-order valence-corrected chi connectivity index (χ2v) is 5.87. The maximum Gasteiger partial charge on any atom is 0.319 e. The highest BCUT2D eigenvalue weighted by molar-refractivity contribution is 6.09. The molecule has 1 aromatic rings. The Bertz CT molecular complexity index is 651. The van der Waals surface area contributed by atoms with E-state index in [1.807, 2.05) is 25.1 Å². The Kier molecular flexibility index (Phi) is 2.54. The first kappa shape index (κ1) is 12.9. The van der Waals surface area contributed by atoms with Crippen molar-refractivity contribution in [3.8, 4) is 0 Å². The van der Waals surface area contributed by atoms with Gasteiger partial charge in [-0.15, -0.1) is 0 Å². The topological polar surface area (TPSA) is 70.9 Å². The van der Waals surface area contributed by atoms with E-state index < -0.39 is 11.9 Å². The lowest BCUT2D eigenvalue weighted by molar-refractivity contribution is -0.919. The zero-order valence-corrected chi connectivity index (χ0v) is 11.9. The van der Waals surface area contributed by atoms with Crippen LogP contribution in [-0.4, -0.2) is 59.4 Å². The van der Waals surface area contributed by atoms with Crippen molar-refractivity contribution in [3.05, 3.63) is 29.8 Å². The third-order valence-electron chi connectivity index (χ3n) is 4.96. The number of benzene rings is 1. The first-order chi connectivity index (χ1) is 10.1. The molecule has 3 aliphatic heterocycles. The van der Waals surface area contributed by atoms with Crippen LogP contribution in [0.15, 0.2) is 29.3 Å². The molecule has 0 aromatic heterocycles. The third-order valence-corrected chi connectivity index (χ3v) is 4.96. The predicted octanol–water partition coefficient (Wildman–Crippen LogP) is 0.588. The van der Waals surface area contributed by atoms with Crippen molar-refractivity contribution in [1.29, 1.82) is 0 Å². The van der Waals surface area contributed by atoms with Gasteiger partial charge in [0.1, 0.15) is 13.1 Å². The monoisotopic (exact) mass is 288 g/mol. The van der Waals surface area contributed by atoms with E-state index in [4.69, 9.17) is 4.74 Å². The number of quaternary nitrogens is 1. The molecule has 1 spiro atoms. The van der Waals surface area contributed by atoms with Crippen LogP contribution in [0.5, 0.6) is 0 Å². The Morgan fingerprint density at radius 1 is 1.38 bits per heavy atom. The molecule has 6 nitrogen and oxygen atoms in total. The minimum Gasteiger partial charge on any atom is -0.370 e. The summed E-state index contributed by atoms with van der Waals surface area (Å²) in [5, 5.41) is 14.5. The molecular formula is C15H18N3O3+. The summed E-state index contributed by atoms with van der Waals surface area (Å²) < 4.78 is 5.71. The molecule has 1 fully saturated rings. The average Bonchev–Trinajstić information content (AvgIpc) is 2.70. The third kappa shape index (κ3) is 1.47. The summed E-state index contributed by atoms with van der Waals surface area (Å²) in [4.78, 5) is 17.2. The SMILES string of the molecule is CC1=NC2C(=O)c3ccccc3NC2(O)[N+]12CCOCC2. The number of aliphatic hydroxyl groups is 1. The van der Waals surface area contributed by atoms with Crippen molar-refractivity contribution >= 4 is 17.3 Å². The number of carbonyl (C=O) groups excluding carboxylic acids is 1. The van der Waals surface area contributed by atoms with Crippen LogP contribution in [0.3, 0.4) is 0 Å². The average molecular weight is 288 g/mol. The van der Waals surface area contributed by atoms with Gasteiger partial charge in [-0.3, -0.25) is 4.79 Å². The maximum atomic E-state index is 12.7. The van der Waals surface area contributed by atoms with Gasteiger partial charge in [-0.1, -0.05) is 12.1 Å². The van der Waals surface area contributed by atoms with Gasteiger partial charge in [0.05, 0.1) is 18.9 Å². The fourth-order valence-electron chi connectivity index (χ4n) is 3.76. The number of aliphatic imine (C=N–C) groups is 1. The smallest absolute Gasteiger partial charge is 0.319 e. The van der Waals surface area contributed by atoms with E-state index >= 15 is 0 Å². The molecule has 0 aliphatic carbocycles.